The first-order valence-corrected chi connectivity index (χ1v) is 6.81. The molecule has 2 aromatic carbocycles. The minimum absolute atomic E-state index is 0.0490. The summed E-state index contributed by atoms with van der Waals surface area (Å²) in [7, 11) is 0. The fourth-order valence-corrected chi connectivity index (χ4v) is 2.03. The summed E-state index contributed by atoms with van der Waals surface area (Å²) in [5, 5.41) is 21.3. The van der Waals surface area contributed by atoms with Crippen molar-refractivity contribution in [3.63, 3.8) is 0 Å². The lowest BCUT2D eigenvalue weighted by Crippen LogP contribution is -2.23. The number of nitriles is 1. The van der Waals surface area contributed by atoms with Crippen molar-refractivity contribution in [3.05, 3.63) is 65.7 Å². The van der Waals surface area contributed by atoms with Gasteiger partial charge in [0.1, 0.15) is 11.8 Å². The van der Waals surface area contributed by atoms with Gasteiger partial charge in [-0.25, -0.2) is 0 Å². The topological polar surface area (TPSA) is 65.3 Å². The highest BCUT2D eigenvalue weighted by atomic mass is 16.5. The van der Waals surface area contributed by atoms with Crippen molar-refractivity contribution >= 4 is 0 Å². The molecule has 2 rings (SSSR count). The average Bonchev–Trinajstić information content (AvgIpc) is 2.55. The van der Waals surface area contributed by atoms with Gasteiger partial charge in [0, 0.05) is 6.54 Å². The molecule has 0 spiro atoms. The molecule has 21 heavy (non-hydrogen) atoms. The van der Waals surface area contributed by atoms with Crippen LogP contribution in [0.5, 0.6) is 5.75 Å². The number of benzene rings is 2. The van der Waals surface area contributed by atoms with Gasteiger partial charge in [-0.3, -0.25) is 0 Å². The molecule has 2 aromatic rings. The molecule has 0 aliphatic heterocycles. The van der Waals surface area contributed by atoms with E-state index >= 15 is 0 Å². The first-order valence-electron chi connectivity index (χ1n) is 6.81. The minimum Gasteiger partial charge on any atom is -0.479 e. The molecule has 108 valence electrons. The SMILES string of the molecule is N#CCOc1ccc(CNC(CO)c2ccccc2)cc1. The number of nitrogens with one attached hydrogen (secondary N) is 1. The Hall–Kier alpha value is -2.35. The summed E-state index contributed by atoms with van der Waals surface area (Å²) < 4.78 is 5.20. The summed E-state index contributed by atoms with van der Waals surface area (Å²) in [4.78, 5) is 0. The highest BCUT2D eigenvalue weighted by Gasteiger charge is 2.08. The van der Waals surface area contributed by atoms with E-state index in [4.69, 9.17) is 10.00 Å². The van der Waals surface area contributed by atoms with Crippen molar-refractivity contribution in [2.45, 2.75) is 12.6 Å². The zero-order valence-corrected chi connectivity index (χ0v) is 11.7. The fourth-order valence-electron chi connectivity index (χ4n) is 2.03. The molecule has 0 heterocycles. The number of hydrogen-bond donors (Lipinski definition) is 2. The molecule has 0 fully saturated rings. The number of hydrogen-bond acceptors (Lipinski definition) is 4. The van der Waals surface area contributed by atoms with E-state index in [1.54, 1.807) is 0 Å². The summed E-state index contributed by atoms with van der Waals surface area (Å²) >= 11 is 0. The molecule has 0 aliphatic carbocycles. The summed E-state index contributed by atoms with van der Waals surface area (Å²) in [5.74, 6) is 0.682. The summed E-state index contributed by atoms with van der Waals surface area (Å²) in [6.45, 7) is 0.754. The van der Waals surface area contributed by atoms with Crippen LogP contribution in [0.15, 0.2) is 54.6 Å². The maximum atomic E-state index is 9.49. The lowest BCUT2D eigenvalue weighted by molar-refractivity contribution is 0.243. The molecule has 0 saturated heterocycles. The fraction of sp³-hybridized carbons (Fsp3) is 0.235. The van der Waals surface area contributed by atoms with E-state index in [2.05, 4.69) is 5.32 Å². The summed E-state index contributed by atoms with van der Waals surface area (Å²) in [6.07, 6.45) is 0. The molecule has 0 aromatic heterocycles. The normalized spacial score (nSPS) is 11.6. The first-order chi connectivity index (χ1) is 10.3. The molecule has 4 nitrogen and oxygen atoms in total. The molecule has 1 unspecified atom stereocenters. The summed E-state index contributed by atoms with van der Waals surface area (Å²) in [6, 6.07) is 19.3. The predicted molar refractivity (Wildman–Crippen MR) is 80.7 cm³/mol. The molecule has 0 amide bonds. The van der Waals surface area contributed by atoms with Crippen molar-refractivity contribution in [2.75, 3.05) is 13.2 Å². The Bertz CT molecular complexity index is 576. The zero-order valence-electron chi connectivity index (χ0n) is 11.7. The molecule has 2 N–H and O–H groups in total. The molecular weight excluding hydrogens is 264 g/mol. The Kier molecular flexibility index (Phi) is 5.77. The van der Waals surface area contributed by atoms with Gasteiger partial charge in [0.2, 0.25) is 0 Å². The third-order valence-electron chi connectivity index (χ3n) is 3.16. The van der Waals surface area contributed by atoms with Crippen molar-refractivity contribution in [2.24, 2.45) is 0 Å². The van der Waals surface area contributed by atoms with Gasteiger partial charge in [0.25, 0.3) is 0 Å². The number of ether oxygens (including phenoxy) is 1. The second-order valence-corrected chi connectivity index (χ2v) is 4.62. The Morgan fingerprint density at radius 3 is 2.43 bits per heavy atom. The van der Waals surface area contributed by atoms with Gasteiger partial charge < -0.3 is 15.2 Å². The molecular formula is C17H18N2O2. The molecule has 1 atom stereocenters. The highest BCUT2D eigenvalue weighted by molar-refractivity contribution is 5.28. The second kappa shape index (κ2) is 8.05. The van der Waals surface area contributed by atoms with Crippen molar-refractivity contribution in [3.8, 4) is 11.8 Å². The predicted octanol–water partition coefficient (Wildman–Crippen LogP) is 2.41. The van der Waals surface area contributed by atoms with Gasteiger partial charge in [-0.05, 0) is 23.3 Å². The molecule has 0 saturated carbocycles. The van der Waals surface area contributed by atoms with E-state index in [9.17, 15) is 5.11 Å². The Balaban J connectivity index is 1.91. The van der Waals surface area contributed by atoms with Crippen LogP contribution in [0, 0.1) is 11.3 Å². The van der Waals surface area contributed by atoms with Crippen LogP contribution < -0.4 is 10.1 Å². The van der Waals surface area contributed by atoms with Crippen LogP contribution in [0.4, 0.5) is 0 Å². The van der Waals surface area contributed by atoms with E-state index in [1.165, 1.54) is 0 Å². The van der Waals surface area contributed by atoms with Crippen LogP contribution in [0.25, 0.3) is 0 Å². The van der Waals surface area contributed by atoms with Gasteiger partial charge in [-0.15, -0.1) is 0 Å². The summed E-state index contributed by atoms with van der Waals surface area (Å²) in [5.41, 5.74) is 2.16. The van der Waals surface area contributed by atoms with Crippen molar-refractivity contribution in [1.29, 1.82) is 5.26 Å². The third-order valence-corrected chi connectivity index (χ3v) is 3.16. The third kappa shape index (κ3) is 4.60. The maximum Gasteiger partial charge on any atom is 0.174 e. The van der Waals surface area contributed by atoms with E-state index in [1.807, 2.05) is 60.7 Å². The van der Waals surface area contributed by atoms with Gasteiger partial charge in [-0.2, -0.15) is 5.26 Å². The smallest absolute Gasteiger partial charge is 0.174 e. The van der Waals surface area contributed by atoms with Crippen LogP contribution in [0.3, 0.4) is 0 Å². The minimum atomic E-state index is -0.0827. The zero-order chi connectivity index (χ0) is 14.9. The average molecular weight is 282 g/mol. The van der Waals surface area contributed by atoms with Gasteiger partial charge >= 0.3 is 0 Å². The quantitative estimate of drug-likeness (QED) is 0.818. The van der Waals surface area contributed by atoms with E-state index in [0.29, 0.717) is 12.3 Å². The lowest BCUT2D eigenvalue weighted by Gasteiger charge is -2.16. The standard InChI is InChI=1S/C17H18N2O2/c18-10-11-21-16-8-6-14(7-9-16)12-19-17(13-20)15-4-2-1-3-5-15/h1-9,17,19-20H,11-13H2. The van der Waals surface area contributed by atoms with Crippen LogP contribution >= 0.6 is 0 Å². The second-order valence-electron chi connectivity index (χ2n) is 4.62. The maximum absolute atomic E-state index is 9.49. The molecule has 0 radical (unpaired) electrons. The largest absolute Gasteiger partial charge is 0.479 e. The van der Waals surface area contributed by atoms with Gasteiger partial charge in [0.15, 0.2) is 6.61 Å². The number of aliphatic hydroxyl groups excluding tert-OH is 1. The van der Waals surface area contributed by atoms with E-state index in [-0.39, 0.29) is 19.3 Å². The van der Waals surface area contributed by atoms with Crippen LogP contribution in [0.1, 0.15) is 17.2 Å². The number of nitrogens with zero attached hydrogens (tertiary/aromatic N) is 1. The van der Waals surface area contributed by atoms with Crippen LogP contribution in [-0.2, 0) is 6.54 Å². The van der Waals surface area contributed by atoms with Crippen LogP contribution in [0.2, 0.25) is 0 Å². The molecule has 4 heteroatoms. The number of aliphatic hydroxyl groups is 1. The molecule has 0 bridgehead atoms. The Morgan fingerprint density at radius 1 is 1.10 bits per heavy atom. The monoisotopic (exact) mass is 282 g/mol. The van der Waals surface area contributed by atoms with Gasteiger partial charge in [-0.1, -0.05) is 42.5 Å². The van der Waals surface area contributed by atoms with Crippen LogP contribution in [-0.4, -0.2) is 18.3 Å². The highest BCUT2D eigenvalue weighted by Crippen LogP contribution is 2.15. The Labute approximate surface area is 124 Å². The lowest BCUT2D eigenvalue weighted by atomic mass is 10.1. The van der Waals surface area contributed by atoms with Crippen molar-refractivity contribution < 1.29 is 9.84 Å². The first kappa shape index (κ1) is 15.0. The molecule has 0 aliphatic rings. The van der Waals surface area contributed by atoms with E-state index < -0.39 is 0 Å². The van der Waals surface area contributed by atoms with Gasteiger partial charge in [0.05, 0.1) is 12.6 Å². The Morgan fingerprint density at radius 2 is 1.81 bits per heavy atom. The van der Waals surface area contributed by atoms with Crippen molar-refractivity contribution in [1.82, 2.24) is 5.32 Å². The number of rotatable bonds is 7. The van der Waals surface area contributed by atoms with E-state index in [0.717, 1.165) is 11.1 Å².